The minimum atomic E-state index is -6.63. The number of carbonyl (C=O) groups is 3. The first-order valence-electron chi connectivity index (χ1n) is 14.0. The first kappa shape index (κ1) is 29.1. The van der Waals surface area contributed by atoms with Crippen LogP contribution in [0.15, 0.2) is 0 Å². The largest absolute Gasteiger partial charge is 0.459 e. The summed E-state index contributed by atoms with van der Waals surface area (Å²) >= 11 is 0. The van der Waals surface area contributed by atoms with E-state index in [1.807, 2.05) is 0 Å². The van der Waals surface area contributed by atoms with E-state index in [4.69, 9.17) is 9.29 Å². The molecule has 7 atom stereocenters. The van der Waals surface area contributed by atoms with Crippen LogP contribution in [0.25, 0.3) is 0 Å². The number of amides is 1. The van der Waals surface area contributed by atoms with Gasteiger partial charge in [0.2, 0.25) is 5.91 Å². The van der Waals surface area contributed by atoms with Crippen LogP contribution in [0.1, 0.15) is 58.8 Å². The summed E-state index contributed by atoms with van der Waals surface area (Å²) in [6, 6.07) is -1.04. The lowest BCUT2D eigenvalue weighted by atomic mass is 9.49. The summed E-state index contributed by atoms with van der Waals surface area (Å²) in [5.41, 5.74) is -0.698. The molecule has 0 aromatic rings. The highest BCUT2D eigenvalue weighted by molar-refractivity contribution is 7.86. The Kier molecular flexibility index (Phi) is 6.37. The Balaban J connectivity index is 1.30. The quantitative estimate of drug-likeness (QED) is 0.262. The average Bonchev–Trinajstić information content (AvgIpc) is 3.42. The van der Waals surface area contributed by atoms with Crippen molar-refractivity contribution in [3.63, 3.8) is 0 Å². The lowest BCUT2D eigenvalue weighted by Crippen LogP contribution is -2.55. The van der Waals surface area contributed by atoms with Crippen LogP contribution in [0.5, 0.6) is 0 Å². The van der Waals surface area contributed by atoms with Crippen LogP contribution >= 0.6 is 0 Å². The van der Waals surface area contributed by atoms with E-state index in [2.05, 4.69) is 4.74 Å². The molecule has 15 heteroatoms. The Labute approximate surface area is 233 Å². The van der Waals surface area contributed by atoms with Gasteiger partial charge in [0.25, 0.3) is 6.10 Å². The molecule has 0 radical (unpaired) electrons. The van der Waals surface area contributed by atoms with Crippen molar-refractivity contribution in [2.24, 2.45) is 46.8 Å². The van der Waals surface area contributed by atoms with Gasteiger partial charge in [-0.15, -0.1) is 0 Å². The number of ether oxygens (including phenoxy) is 2. The number of hydrogen-bond donors (Lipinski definition) is 1. The number of hydrogen-bond acceptors (Lipinski definition) is 7. The Bertz CT molecular complexity index is 1230. The Morgan fingerprint density at radius 2 is 1.51 bits per heavy atom. The topological polar surface area (TPSA) is 127 Å². The van der Waals surface area contributed by atoms with Crippen LogP contribution in [-0.2, 0) is 34.0 Å². The second kappa shape index (κ2) is 8.99. The van der Waals surface area contributed by atoms with Crippen molar-refractivity contribution < 1.29 is 58.8 Å². The standard InChI is InChI=1S/C26H32F5NO8S/c1-10(2)32-18-14-6-15(19(18)39-23(35)24-7-11-3-12(8-24)5-13(4-11)9-24)17(16(14)20(32)33)21(34)40-22(25(27,28)29)26(30,31)41(36,37)38/h10-19,22H,3-9H2,1-2H3,(H,36,37,38). The van der Waals surface area contributed by atoms with E-state index in [1.54, 1.807) is 13.8 Å². The number of rotatable bonds is 7. The second-order valence-electron chi connectivity index (χ2n) is 13.4. The fourth-order valence-electron chi connectivity index (χ4n) is 9.69. The molecule has 7 fully saturated rings. The average molecular weight is 614 g/mol. The molecule has 1 saturated heterocycles. The summed E-state index contributed by atoms with van der Waals surface area (Å²) in [5.74, 6) is -6.09. The van der Waals surface area contributed by atoms with E-state index < -0.39 is 92.8 Å². The zero-order valence-corrected chi connectivity index (χ0v) is 23.2. The number of nitrogens with zero attached hydrogens (tertiary/aromatic N) is 1. The molecule has 41 heavy (non-hydrogen) atoms. The molecular formula is C26H32F5NO8S. The van der Waals surface area contributed by atoms with Crippen molar-refractivity contribution in [2.45, 2.75) is 94.5 Å². The second-order valence-corrected chi connectivity index (χ2v) is 14.9. The van der Waals surface area contributed by atoms with E-state index in [0.717, 1.165) is 19.3 Å². The molecule has 7 rings (SSSR count). The maximum atomic E-state index is 14.2. The minimum Gasteiger partial charge on any atom is -0.459 e. The number of fused-ring (bicyclic) bond motifs is 1. The summed E-state index contributed by atoms with van der Waals surface area (Å²) < 4.78 is 110. The first-order valence-corrected chi connectivity index (χ1v) is 15.4. The van der Waals surface area contributed by atoms with E-state index >= 15 is 0 Å². The molecule has 6 aliphatic carbocycles. The monoisotopic (exact) mass is 613 g/mol. The summed E-state index contributed by atoms with van der Waals surface area (Å²) in [4.78, 5) is 41.9. The van der Waals surface area contributed by atoms with Gasteiger partial charge >= 0.3 is 33.5 Å². The lowest BCUT2D eigenvalue weighted by Gasteiger charge is -2.55. The number of alkyl halides is 5. The molecule has 6 saturated carbocycles. The van der Waals surface area contributed by atoms with Crippen molar-refractivity contribution in [2.75, 3.05) is 0 Å². The molecule has 0 spiro atoms. The van der Waals surface area contributed by atoms with Gasteiger partial charge in [0, 0.05) is 12.0 Å². The zero-order chi connectivity index (χ0) is 30.0. The third-order valence-electron chi connectivity index (χ3n) is 10.6. The number of likely N-dealkylation sites (tertiary alicyclic amines) is 1. The van der Waals surface area contributed by atoms with Gasteiger partial charge in [0.15, 0.2) is 0 Å². The minimum absolute atomic E-state index is 0.119. The maximum Gasteiger partial charge on any atom is 0.432 e. The van der Waals surface area contributed by atoms with Crippen LogP contribution in [0.3, 0.4) is 0 Å². The highest BCUT2D eigenvalue weighted by atomic mass is 32.2. The molecule has 1 amide bonds. The fraction of sp³-hybridized carbons (Fsp3) is 0.885. The van der Waals surface area contributed by atoms with Crippen LogP contribution in [0, 0.1) is 46.8 Å². The molecule has 7 unspecified atom stereocenters. The molecular weight excluding hydrogens is 581 g/mol. The van der Waals surface area contributed by atoms with Gasteiger partial charge in [-0.3, -0.25) is 18.9 Å². The molecule has 1 aliphatic heterocycles. The third-order valence-corrected chi connectivity index (χ3v) is 11.5. The molecule has 230 valence electrons. The smallest absolute Gasteiger partial charge is 0.432 e. The van der Waals surface area contributed by atoms with Gasteiger partial charge in [-0.1, -0.05) is 0 Å². The van der Waals surface area contributed by atoms with Crippen molar-refractivity contribution in [1.29, 1.82) is 0 Å². The maximum absolute atomic E-state index is 14.2. The molecule has 1 N–H and O–H groups in total. The Hall–Kier alpha value is -2.03. The van der Waals surface area contributed by atoms with E-state index in [1.165, 1.54) is 4.90 Å². The predicted molar refractivity (Wildman–Crippen MR) is 127 cm³/mol. The SMILES string of the molecule is CC(C)N1C(=O)C2C3CC(C(OC(=O)C45CC6CC(CC(C6)C4)C5)C31)C2C(=O)OC(C(F)(F)F)C(F)(F)S(=O)(=O)O. The summed E-state index contributed by atoms with van der Waals surface area (Å²) in [6.07, 6.45) is -6.33. The van der Waals surface area contributed by atoms with Crippen LogP contribution in [0.4, 0.5) is 22.0 Å². The molecule has 6 bridgehead atoms. The van der Waals surface area contributed by atoms with Gasteiger partial charge in [-0.25, -0.2) is 0 Å². The highest BCUT2D eigenvalue weighted by Crippen LogP contribution is 2.63. The first-order chi connectivity index (χ1) is 18.9. The van der Waals surface area contributed by atoms with Crippen LogP contribution in [-0.4, -0.2) is 71.4 Å². The van der Waals surface area contributed by atoms with E-state index in [-0.39, 0.29) is 6.42 Å². The third kappa shape index (κ3) is 4.21. The summed E-state index contributed by atoms with van der Waals surface area (Å²) in [7, 11) is -6.63. The normalized spacial score (nSPS) is 41.8. The fourth-order valence-corrected chi connectivity index (χ4v) is 10.1. The van der Waals surface area contributed by atoms with Crippen molar-refractivity contribution >= 4 is 28.0 Å². The Morgan fingerprint density at radius 3 is 1.98 bits per heavy atom. The van der Waals surface area contributed by atoms with Crippen LogP contribution < -0.4 is 0 Å². The van der Waals surface area contributed by atoms with Gasteiger partial charge in [0.1, 0.15) is 6.10 Å². The number of esters is 2. The van der Waals surface area contributed by atoms with Crippen molar-refractivity contribution in [1.82, 2.24) is 4.90 Å². The molecule has 9 nitrogen and oxygen atoms in total. The zero-order valence-electron chi connectivity index (χ0n) is 22.4. The van der Waals surface area contributed by atoms with E-state index in [9.17, 15) is 44.8 Å². The summed E-state index contributed by atoms with van der Waals surface area (Å²) in [6.45, 7) is 3.40. The van der Waals surface area contributed by atoms with Gasteiger partial charge < -0.3 is 14.4 Å². The summed E-state index contributed by atoms with van der Waals surface area (Å²) in [5, 5.41) is -5.89. The molecule has 1 heterocycles. The number of halogens is 5. The van der Waals surface area contributed by atoms with Crippen molar-refractivity contribution in [3.8, 4) is 0 Å². The molecule has 7 aliphatic rings. The predicted octanol–water partition coefficient (Wildman–Crippen LogP) is 3.57. The highest BCUT2D eigenvalue weighted by Gasteiger charge is 2.73. The van der Waals surface area contributed by atoms with Gasteiger partial charge in [0.05, 0.1) is 23.3 Å². The van der Waals surface area contributed by atoms with Crippen LogP contribution in [0.2, 0.25) is 0 Å². The lowest BCUT2D eigenvalue weighted by molar-refractivity contribution is -0.262. The van der Waals surface area contributed by atoms with E-state index in [0.29, 0.717) is 37.0 Å². The molecule has 0 aromatic carbocycles. The Morgan fingerprint density at radius 1 is 0.976 bits per heavy atom. The van der Waals surface area contributed by atoms with Crippen molar-refractivity contribution in [3.05, 3.63) is 0 Å². The molecule has 0 aromatic heterocycles. The van der Waals surface area contributed by atoms with Gasteiger partial charge in [-0.05, 0) is 82.5 Å². The van der Waals surface area contributed by atoms with Gasteiger partial charge in [-0.2, -0.15) is 30.4 Å². The number of carbonyl (C=O) groups excluding carboxylic acids is 3.